The highest BCUT2D eigenvalue weighted by atomic mass is 32.2. The van der Waals surface area contributed by atoms with Gasteiger partial charge in [0.05, 0.1) is 10.8 Å². The van der Waals surface area contributed by atoms with Crippen LogP contribution in [0.4, 0.5) is 0 Å². The fraction of sp³-hybridized carbons (Fsp3) is 0.364. The van der Waals surface area contributed by atoms with E-state index in [4.69, 9.17) is 0 Å². The molecule has 3 rings (SSSR count). The van der Waals surface area contributed by atoms with Crippen LogP contribution >= 0.6 is 0 Å². The molecule has 160 valence electrons. The average Bonchev–Trinajstić information content (AvgIpc) is 2.78. The molecule has 2 atom stereocenters. The van der Waals surface area contributed by atoms with Gasteiger partial charge in [-0.25, -0.2) is 8.42 Å². The fourth-order valence-electron chi connectivity index (χ4n) is 3.45. The van der Waals surface area contributed by atoms with Crippen LogP contribution in [0.1, 0.15) is 25.3 Å². The Labute approximate surface area is 177 Å². The number of nitrogens with one attached hydrogen (secondary N) is 2. The van der Waals surface area contributed by atoms with Gasteiger partial charge in [-0.15, -0.1) is 0 Å². The molecule has 8 heteroatoms. The van der Waals surface area contributed by atoms with Crippen molar-refractivity contribution in [3.63, 3.8) is 0 Å². The maximum atomic E-state index is 12.8. The minimum Gasteiger partial charge on any atom is -0.350 e. The number of benzene rings is 2. The quantitative estimate of drug-likeness (QED) is 0.703. The third-order valence-corrected chi connectivity index (χ3v) is 7.08. The van der Waals surface area contributed by atoms with Gasteiger partial charge in [-0.2, -0.15) is 4.31 Å². The van der Waals surface area contributed by atoms with Crippen molar-refractivity contribution in [1.29, 1.82) is 0 Å². The van der Waals surface area contributed by atoms with Gasteiger partial charge >= 0.3 is 0 Å². The summed E-state index contributed by atoms with van der Waals surface area (Å²) in [5, 5.41) is 5.53. The lowest BCUT2D eigenvalue weighted by atomic mass is 9.98. The van der Waals surface area contributed by atoms with Crippen molar-refractivity contribution in [3.05, 3.63) is 66.2 Å². The maximum absolute atomic E-state index is 12.8. The average molecular weight is 430 g/mol. The lowest BCUT2D eigenvalue weighted by Gasteiger charge is -2.31. The molecule has 0 aliphatic carbocycles. The van der Waals surface area contributed by atoms with E-state index < -0.39 is 22.0 Å². The zero-order valence-corrected chi connectivity index (χ0v) is 17.8. The Kier molecular flexibility index (Phi) is 7.23. The molecule has 1 aliphatic heterocycles. The molecule has 1 saturated heterocycles. The number of hydrogen-bond acceptors (Lipinski definition) is 4. The molecule has 0 unspecified atom stereocenters. The summed E-state index contributed by atoms with van der Waals surface area (Å²) in [5.74, 6) is -1.07. The van der Waals surface area contributed by atoms with Gasteiger partial charge in [0.2, 0.25) is 21.8 Å². The van der Waals surface area contributed by atoms with E-state index in [1.54, 1.807) is 37.3 Å². The van der Waals surface area contributed by atoms with Gasteiger partial charge in [0, 0.05) is 19.6 Å². The summed E-state index contributed by atoms with van der Waals surface area (Å²) in [4.78, 5) is 25.2. The standard InChI is InChI=1S/C22H27N3O4S/c1-17(21(26)23-15-18-9-4-2-5-10-18)24-22(27)19-11-8-14-25(16-19)30(28,29)20-12-6-3-7-13-20/h2-7,9-10,12-13,17,19H,8,11,14-16H2,1H3,(H,23,26)(H,24,27)/t17-,19+/m1/s1. The number of carbonyl (C=O) groups excluding carboxylic acids is 2. The van der Waals surface area contributed by atoms with E-state index in [9.17, 15) is 18.0 Å². The first-order chi connectivity index (χ1) is 14.4. The SMILES string of the molecule is C[C@@H](NC(=O)[C@H]1CCCN(S(=O)(=O)c2ccccc2)C1)C(=O)NCc1ccccc1. The van der Waals surface area contributed by atoms with Crippen LogP contribution in [0.15, 0.2) is 65.6 Å². The lowest BCUT2D eigenvalue weighted by Crippen LogP contribution is -2.50. The number of rotatable bonds is 7. The molecule has 0 spiro atoms. The number of piperidine rings is 1. The van der Waals surface area contributed by atoms with Gasteiger partial charge < -0.3 is 10.6 Å². The van der Waals surface area contributed by atoms with Crippen LogP contribution in [-0.4, -0.2) is 43.7 Å². The summed E-state index contributed by atoms with van der Waals surface area (Å²) in [6, 6.07) is 17.0. The molecule has 1 fully saturated rings. The Bertz CT molecular complexity index is 964. The monoisotopic (exact) mass is 429 g/mol. The van der Waals surface area contributed by atoms with Crippen molar-refractivity contribution in [2.24, 2.45) is 5.92 Å². The van der Waals surface area contributed by atoms with E-state index in [2.05, 4.69) is 10.6 Å². The van der Waals surface area contributed by atoms with Gasteiger partial charge in [0.1, 0.15) is 6.04 Å². The summed E-state index contributed by atoms with van der Waals surface area (Å²) in [6.07, 6.45) is 1.18. The van der Waals surface area contributed by atoms with Gasteiger partial charge in [-0.3, -0.25) is 9.59 Å². The second-order valence-corrected chi connectivity index (χ2v) is 9.39. The van der Waals surface area contributed by atoms with Crippen molar-refractivity contribution >= 4 is 21.8 Å². The highest BCUT2D eigenvalue weighted by molar-refractivity contribution is 7.89. The molecule has 7 nitrogen and oxygen atoms in total. The number of nitrogens with zero attached hydrogens (tertiary/aromatic N) is 1. The molecule has 0 saturated carbocycles. The van der Waals surface area contributed by atoms with Gasteiger partial charge in [-0.05, 0) is 37.5 Å². The van der Waals surface area contributed by atoms with Crippen molar-refractivity contribution in [2.75, 3.05) is 13.1 Å². The number of amides is 2. The topological polar surface area (TPSA) is 95.6 Å². The Morgan fingerprint density at radius 1 is 1.07 bits per heavy atom. The second-order valence-electron chi connectivity index (χ2n) is 7.45. The van der Waals surface area contributed by atoms with Crippen LogP contribution in [0.2, 0.25) is 0 Å². The lowest BCUT2D eigenvalue weighted by molar-refractivity contribution is -0.131. The van der Waals surface area contributed by atoms with Crippen LogP contribution in [0.25, 0.3) is 0 Å². The van der Waals surface area contributed by atoms with E-state index in [0.29, 0.717) is 25.9 Å². The Balaban J connectivity index is 1.55. The Hall–Kier alpha value is -2.71. The number of carbonyl (C=O) groups is 2. The molecule has 0 aromatic heterocycles. The molecule has 2 amide bonds. The van der Waals surface area contributed by atoms with E-state index >= 15 is 0 Å². The van der Waals surface area contributed by atoms with Gasteiger partial charge in [-0.1, -0.05) is 48.5 Å². The van der Waals surface area contributed by atoms with E-state index in [-0.39, 0.29) is 23.3 Å². The first-order valence-corrected chi connectivity index (χ1v) is 11.5. The Morgan fingerprint density at radius 2 is 1.70 bits per heavy atom. The Morgan fingerprint density at radius 3 is 2.37 bits per heavy atom. The maximum Gasteiger partial charge on any atom is 0.243 e. The molecule has 1 aliphatic rings. The first kappa shape index (κ1) is 22.0. The number of hydrogen-bond donors (Lipinski definition) is 2. The highest BCUT2D eigenvalue weighted by Crippen LogP contribution is 2.23. The van der Waals surface area contributed by atoms with E-state index in [1.165, 1.54) is 4.31 Å². The number of sulfonamides is 1. The summed E-state index contributed by atoms with van der Waals surface area (Å²) in [6.45, 7) is 2.50. The molecule has 2 N–H and O–H groups in total. The van der Waals surface area contributed by atoms with Crippen LogP contribution < -0.4 is 10.6 Å². The van der Waals surface area contributed by atoms with E-state index in [1.807, 2.05) is 30.3 Å². The molecule has 30 heavy (non-hydrogen) atoms. The van der Waals surface area contributed by atoms with Gasteiger partial charge in [0.15, 0.2) is 0 Å². The van der Waals surface area contributed by atoms with Crippen molar-refractivity contribution in [3.8, 4) is 0 Å². The predicted molar refractivity (Wildman–Crippen MR) is 114 cm³/mol. The zero-order valence-electron chi connectivity index (χ0n) is 17.0. The molecule has 0 radical (unpaired) electrons. The largest absolute Gasteiger partial charge is 0.350 e. The molecule has 0 bridgehead atoms. The summed E-state index contributed by atoms with van der Waals surface area (Å²) < 4.78 is 27.0. The van der Waals surface area contributed by atoms with Crippen molar-refractivity contribution in [2.45, 2.75) is 37.2 Å². The third kappa shape index (κ3) is 5.46. The smallest absolute Gasteiger partial charge is 0.243 e. The van der Waals surface area contributed by atoms with E-state index in [0.717, 1.165) is 5.56 Å². The third-order valence-electron chi connectivity index (χ3n) is 5.20. The molecular weight excluding hydrogens is 402 g/mol. The summed E-state index contributed by atoms with van der Waals surface area (Å²) in [7, 11) is -3.64. The normalized spacial score (nSPS) is 18.4. The van der Waals surface area contributed by atoms with Crippen LogP contribution in [-0.2, 0) is 26.2 Å². The molecule has 2 aromatic rings. The second kappa shape index (κ2) is 9.86. The van der Waals surface area contributed by atoms with Crippen LogP contribution in [0, 0.1) is 5.92 Å². The zero-order chi connectivity index (χ0) is 21.6. The minimum absolute atomic E-state index is 0.113. The summed E-state index contributed by atoms with van der Waals surface area (Å²) >= 11 is 0. The van der Waals surface area contributed by atoms with Crippen molar-refractivity contribution in [1.82, 2.24) is 14.9 Å². The molecule has 2 aromatic carbocycles. The molecular formula is C22H27N3O4S. The van der Waals surface area contributed by atoms with Crippen molar-refractivity contribution < 1.29 is 18.0 Å². The van der Waals surface area contributed by atoms with Gasteiger partial charge in [0.25, 0.3) is 0 Å². The molecule has 1 heterocycles. The predicted octanol–water partition coefficient (Wildman–Crippen LogP) is 1.91. The minimum atomic E-state index is -3.64. The fourth-order valence-corrected chi connectivity index (χ4v) is 5.00. The van der Waals surface area contributed by atoms with Crippen LogP contribution in [0.3, 0.4) is 0 Å². The highest BCUT2D eigenvalue weighted by Gasteiger charge is 2.34. The summed E-state index contributed by atoms with van der Waals surface area (Å²) in [5.41, 5.74) is 0.971. The first-order valence-electron chi connectivity index (χ1n) is 10.0. The van der Waals surface area contributed by atoms with Crippen LogP contribution in [0.5, 0.6) is 0 Å².